The molecule has 4 aliphatic carbocycles. The Hall–Kier alpha value is -1.31. The molecule has 2 saturated carbocycles. The predicted molar refractivity (Wildman–Crippen MR) is 82.6 cm³/mol. The number of ketones is 1. The molecule has 2 nitrogen and oxygen atoms in total. The highest BCUT2D eigenvalue weighted by Gasteiger charge is 2.57. The number of fused-ring (bicyclic) bond motifs is 5. The second kappa shape index (κ2) is 4.12. The molecule has 0 bridgehead atoms. The normalized spacial score (nSPS) is 51.1. The molecule has 0 amide bonds. The van der Waals surface area contributed by atoms with Crippen LogP contribution >= 0.6 is 0 Å². The van der Waals surface area contributed by atoms with Crippen molar-refractivity contribution in [3.8, 4) is 0 Å². The first-order valence-corrected chi connectivity index (χ1v) is 8.27. The van der Waals surface area contributed by atoms with Gasteiger partial charge in [-0.2, -0.15) is 0 Å². The van der Waals surface area contributed by atoms with E-state index in [-0.39, 0.29) is 10.8 Å². The third kappa shape index (κ3) is 1.62. The minimum absolute atomic E-state index is 0.0783. The van der Waals surface area contributed by atoms with Gasteiger partial charge in [-0.3, -0.25) is 4.79 Å². The Morgan fingerprint density at radius 2 is 2.00 bits per heavy atom. The first kappa shape index (κ1) is 13.4. The van der Waals surface area contributed by atoms with E-state index < -0.39 is 0 Å². The largest absolute Gasteiger partial charge is 0.508 e. The van der Waals surface area contributed by atoms with E-state index in [1.807, 2.05) is 12.2 Å². The molecule has 21 heavy (non-hydrogen) atoms. The fourth-order valence-corrected chi connectivity index (χ4v) is 5.64. The standard InChI is InChI=1S/C19H24O2/c1-18-9-7-13(20)11-12(18)3-4-14-15-5-6-17(21)19(15,2)10-8-16(14)18/h3-4,7,9,11-12,14-16,20H,5-6,8,10H2,1-2H3/t12-,14+,15+,16+,18+,19+/m1/s1. The molecule has 112 valence electrons. The minimum atomic E-state index is -0.0783. The summed E-state index contributed by atoms with van der Waals surface area (Å²) in [6.45, 7) is 4.53. The summed E-state index contributed by atoms with van der Waals surface area (Å²) >= 11 is 0. The van der Waals surface area contributed by atoms with Crippen LogP contribution in [-0.4, -0.2) is 10.9 Å². The van der Waals surface area contributed by atoms with Gasteiger partial charge in [0.1, 0.15) is 11.5 Å². The van der Waals surface area contributed by atoms with E-state index in [0.29, 0.717) is 35.2 Å². The van der Waals surface area contributed by atoms with Crippen molar-refractivity contribution in [3.05, 3.63) is 36.1 Å². The van der Waals surface area contributed by atoms with Crippen molar-refractivity contribution < 1.29 is 9.90 Å². The highest BCUT2D eigenvalue weighted by Crippen LogP contribution is 2.62. The lowest BCUT2D eigenvalue weighted by Gasteiger charge is -2.54. The van der Waals surface area contributed by atoms with Gasteiger partial charge in [0.2, 0.25) is 0 Å². The Bertz CT molecular complexity index is 584. The van der Waals surface area contributed by atoms with Crippen LogP contribution in [0.15, 0.2) is 36.1 Å². The van der Waals surface area contributed by atoms with Gasteiger partial charge in [0.05, 0.1) is 0 Å². The summed E-state index contributed by atoms with van der Waals surface area (Å²) in [5, 5.41) is 9.78. The Balaban J connectivity index is 1.75. The average Bonchev–Trinajstić information content (AvgIpc) is 2.76. The van der Waals surface area contributed by atoms with Gasteiger partial charge < -0.3 is 5.11 Å². The summed E-state index contributed by atoms with van der Waals surface area (Å²) in [5.41, 5.74) is 0.0175. The van der Waals surface area contributed by atoms with Crippen LogP contribution in [0.25, 0.3) is 0 Å². The summed E-state index contributed by atoms with van der Waals surface area (Å²) in [5.74, 6) is 2.81. The van der Waals surface area contributed by atoms with Gasteiger partial charge in [0.15, 0.2) is 0 Å². The van der Waals surface area contributed by atoms with E-state index in [2.05, 4.69) is 32.1 Å². The molecule has 0 aromatic heterocycles. The molecule has 4 rings (SSSR count). The second-order valence-electron chi connectivity index (χ2n) is 7.91. The Morgan fingerprint density at radius 3 is 2.81 bits per heavy atom. The Labute approximate surface area is 126 Å². The van der Waals surface area contributed by atoms with Gasteiger partial charge in [0, 0.05) is 17.8 Å². The molecular formula is C19H24O2. The molecule has 0 spiro atoms. The van der Waals surface area contributed by atoms with Crippen molar-refractivity contribution in [1.82, 2.24) is 0 Å². The van der Waals surface area contributed by atoms with Crippen LogP contribution in [-0.2, 0) is 4.79 Å². The molecular weight excluding hydrogens is 260 g/mol. The first-order chi connectivity index (χ1) is 9.95. The van der Waals surface area contributed by atoms with Gasteiger partial charge in [-0.15, -0.1) is 0 Å². The van der Waals surface area contributed by atoms with E-state index in [9.17, 15) is 9.90 Å². The monoisotopic (exact) mass is 284 g/mol. The van der Waals surface area contributed by atoms with Crippen LogP contribution in [0, 0.1) is 34.5 Å². The van der Waals surface area contributed by atoms with Crippen molar-refractivity contribution in [2.24, 2.45) is 34.5 Å². The van der Waals surface area contributed by atoms with Crippen molar-refractivity contribution in [2.45, 2.75) is 39.5 Å². The van der Waals surface area contributed by atoms with Crippen molar-refractivity contribution in [1.29, 1.82) is 0 Å². The van der Waals surface area contributed by atoms with Crippen LogP contribution in [0.2, 0.25) is 0 Å². The van der Waals surface area contributed by atoms with Gasteiger partial charge >= 0.3 is 0 Å². The van der Waals surface area contributed by atoms with Crippen molar-refractivity contribution >= 4 is 5.78 Å². The molecule has 0 aromatic carbocycles. The lowest BCUT2D eigenvalue weighted by molar-refractivity contribution is -0.130. The maximum absolute atomic E-state index is 12.3. The molecule has 0 heterocycles. The summed E-state index contributed by atoms with van der Waals surface area (Å²) in [6, 6.07) is 0. The fourth-order valence-electron chi connectivity index (χ4n) is 5.64. The number of allylic oxidation sites excluding steroid dienone is 5. The van der Waals surface area contributed by atoms with Crippen LogP contribution in [0.5, 0.6) is 0 Å². The summed E-state index contributed by atoms with van der Waals surface area (Å²) in [6.07, 6.45) is 14.7. The number of hydrogen-bond donors (Lipinski definition) is 1. The first-order valence-electron chi connectivity index (χ1n) is 8.27. The SMILES string of the molecule is C[C@]12C=CC(O)=C[C@H]1C=C[C@@H]1[C@@H]2CC[C@]2(C)C(=O)CC[C@@H]12. The van der Waals surface area contributed by atoms with E-state index in [4.69, 9.17) is 0 Å². The minimum Gasteiger partial charge on any atom is -0.508 e. The van der Waals surface area contributed by atoms with E-state index in [0.717, 1.165) is 25.7 Å². The maximum atomic E-state index is 12.3. The molecule has 0 aliphatic heterocycles. The zero-order chi connectivity index (χ0) is 14.8. The topological polar surface area (TPSA) is 37.3 Å². The molecule has 4 aliphatic rings. The number of aliphatic hydroxyl groups excluding tert-OH is 1. The van der Waals surface area contributed by atoms with Crippen LogP contribution < -0.4 is 0 Å². The third-order valence-corrected chi connectivity index (χ3v) is 7.06. The Kier molecular flexibility index (Phi) is 2.62. The maximum Gasteiger partial charge on any atom is 0.139 e. The summed E-state index contributed by atoms with van der Waals surface area (Å²) in [4.78, 5) is 12.3. The summed E-state index contributed by atoms with van der Waals surface area (Å²) in [7, 11) is 0. The zero-order valence-electron chi connectivity index (χ0n) is 12.9. The van der Waals surface area contributed by atoms with Gasteiger partial charge in [-0.05, 0) is 54.6 Å². The van der Waals surface area contributed by atoms with Crippen LogP contribution in [0.1, 0.15) is 39.5 Å². The molecule has 0 aromatic rings. The number of carbonyl (C=O) groups is 1. The van der Waals surface area contributed by atoms with Crippen molar-refractivity contribution in [2.75, 3.05) is 0 Å². The quantitative estimate of drug-likeness (QED) is 0.677. The van der Waals surface area contributed by atoms with E-state index >= 15 is 0 Å². The van der Waals surface area contributed by atoms with E-state index in [1.165, 1.54) is 0 Å². The van der Waals surface area contributed by atoms with Gasteiger partial charge in [-0.1, -0.05) is 32.1 Å². The average molecular weight is 284 g/mol. The van der Waals surface area contributed by atoms with Crippen LogP contribution in [0.4, 0.5) is 0 Å². The molecule has 1 N–H and O–H groups in total. The lowest BCUT2D eigenvalue weighted by Crippen LogP contribution is -2.49. The third-order valence-electron chi connectivity index (χ3n) is 7.06. The number of carbonyl (C=O) groups excluding carboxylic acids is 1. The van der Waals surface area contributed by atoms with Crippen molar-refractivity contribution in [3.63, 3.8) is 0 Å². The molecule has 0 radical (unpaired) electrons. The second-order valence-corrected chi connectivity index (χ2v) is 7.91. The number of rotatable bonds is 0. The number of hydrogen-bond acceptors (Lipinski definition) is 2. The predicted octanol–water partition coefficient (Wildman–Crippen LogP) is 4.20. The lowest BCUT2D eigenvalue weighted by atomic mass is 9.49. The van der Waals surface area contributed by atoms with Gasteiger partial charge in [0.25, 0.3) is 0 Å². The fraction of sp³-hybridized carbons (Fsp3) is 0.632. The highest BCUT2D eigenvalue weighted by molar-refractivity contribution is 5.87. The molecule has 2 heteroatoms. The molecule has 0 saturated heterocycles. The van der Waals surface area contributed by atoms with Gasteiger partial charge in [-0.25, -0.2) is 0 Å². The molecule has 0 unspecified atom stereocenters. The van der Waals surface area contributed by atoms with Crippen LogP contribution in [0.3, 0.4) is 0 Å². The Morgan fingerprint density at radius 1 is 1.19 bits per heavy atom. The highest BCUT2D eigenvalue weighted by atomic mass is 16.3. The number of Topliss-reactive ketones (excluding diaryl/α,β-unsaturated/α-hetero) is 1. The summed E-state index contributed by atoms with van der Waals surface area (Å²) < 4.78 is 0. The van der Waals surface area contributed by atoms with E-state index in [1.54, 1.807) is 0 Å². The number of aliphatic hydroxyl groups is 1. The molecule has 2 fully saturated rings. The molecule has 6 atom stereocenters. The zero-order valence-corrected chi connectivity index (χ0v) is 12.9. The smallest absolute Gasteiger partial charge is 0.139 e.